The summed E-state index contributed by atoms with van der Waals surface area (Å²) in [6.45, 7) is 7.45. The number of rotatable bonds is 4. The zero-order valence-electron chi connectivity index (χ0n) is 13.4. The average molecular weight is 354 g/mol. The Morgan fingerprint density at radius 3 is 2.62 bits per heavy atom. The predicted molar refractivity (Wildman–Crippen MR) is 88.4 cm³/mol. The average Bonchev–Trinajstić information content (AvgIpc) is 2.45. The Bertz CT molecular complexity index is 544. The number of hydrogen-bond acceptors (Lipinski definition) is 3. The maximum Gasteiger partial charge on any atom is 0.338 e. The second-order valence-electron chi connectivity index (χ2n) is 6.29. The molecule has 0 N–H and O–H groups in total. The van der Waals surface area contributed by atoms with Crippen LogP contribution in [0.25, 0.3) is 0 Å². The topological polar surface area (TPSA) is 29.5 Å². The van der Waals surface area contributed by atoms with E-state index in [1.54, 1.807) is 0 Å². The highest BCUT2D eigenvalue weighted by Crippen LogP contribution is 2.38. The Hall–Kier alpha value is -0.870. The molecule has 3 unspecified atom stereocenters. The molecule has 3 atom stereocenters. The fourth-order valence-corrected chi connectivity index (χ4v) is 3.79. The molecule has 0 saturated heterocycles. The van der Waals surface area contributed by atoms with Crippen molar-refractivity contribution in [2.75, 3.05) is 14.2 Å². The van der Waals surface area contributed by atoms with Gasteiger partial charge in [-0.3, -0.25) is 4.90 Å². The van der Waals surface area contributed by atoms with Gasteiger partial charge in [0.2, 0.25) is 0 Å². The summed E-state index contributed by atoms with van der Waals surface area (Å²) >= 11 is 3.46. The number of ether oxygens (including phenoxy) is 1. The lowest BCUT2D eigenvalue weighted by Crippen LogP contribution is -2.48. The van der Waals surface area contributed by atoms with Crippen molar-refractivity contribution in [1.82, 2.24) is 4.90 Å². The Balaban J connectivity index is 2.25. The molecule has 0 aliphatic heterocycles. The zero-order chi connectivity index (χ0) is 15.7. The Morgan fingerprint density at radius 1 is 1.43 bits per heavy atom. The second kappa shape index (κ2) is 6.49. The van der Waals surface area contributed by atoms with Crippen LogP contribution in [0.1, 0.15) is 41.8 Å². The lowest BCUT2D eigenvalue weighted by atomic mass is 9.71. The van der Waals surface area contributed by atoms with Crippen LogP contribution < -0.4 is 0 Å². The van der Waals surface area contributed by atoms with Crippen LogP contribution in [0.2, 0.25) is 0 Å². The Morgan fingerprint density at radius 2 is 2.10 bits per heavy atom. The molecule has 116 valence electrons. The standard InChI is InChI=1S/C17H24BrNO2/c1-10-7-16(12(10)3)19(4)9-15-11(2)6-13(18)8-14(15)17(20)21-5/h6,8,10,12,16H,7,9H2,1-5H3. The van der Waals surface area contributed by atoms with Crippen LogP contribution in [-0.2, 0) is 11.3 Å². The molecule has 0 heterocycles. The van der Waals surface area contributed by atoms with Crippen LogP contribution in [0.3, 0.4) is 0 Å². The van der Waals surface area contributed by atoms with Crippen molar-refractivity contribution >= 4 is 21.9 Å². The van der Waals surface area contributed by atoms with Crippen molar-refractivity contribution in [3.63, 3.8) is 0 Å². The summed E-state index contributed by atoms with van der Waals surface area (Å²) in [5.74, 6) is 1.24. The molecule has 1 aromatic carbocycles. The van der Waals surface area contributed by atoms with Crippen molar-refractivity contribution in [2.45, 2.75) is 39.8 Å². The normalized spacial score (nSPS) is 24.8. The number of hydrogen-bond donors (Lipinski definition) is 0. The summed E-state index contributed by atoms with van der Waals surface area (Å²) in [7, 11) is 3.58. The maximum absolute atomic E-state index is 12.0. The van der Waals surface area contributed by atoms with Crippen LogP contribution in [0.5, 0.6) is 0 Å². The molecule has 0 spiro atoms. The third-order valence-corrected chi connectivity index (χ3v) is 5.39. The quantitative estimate of drug-likeness (QED) is 0.765. The summed E-state index contributed by atoms with van der Waals surface area (Å²) in [5, 5.41) is 0. The third kappa shape index (κ3) is 3.32. The second-order valence-corrected chi connectivity index (χ2v) is 7.21. The molecule has 0 aromatic heterocycles. The minimum atomic E-state index is -0.266. The highest BCUT2D eigenvalue weighted by molar-refractivity contribution is 9.10. The van der Waals surface area contributed by atoms with E-state index in [9.17, 15) is 4.79 Å². The molecular formula is C17H24BrNO2. The van der Waals surface area contributed by atoms with Gasteiger partial charge in [0.1, 0.15) is 0 Å². The first-order chi connectivity index (χ1) is 9.85. The molecule has 1 saturated carbocycles. The molecular weight excluding hydrogens is 330 g/mol. The van der Waals surface area contributed by atoms with Gasteiger partial charge in [0, 0.05) is 17.1 Å². The van der Waals surface area contributed by atoms with Gasteiger partial charge in [-0.15, -0.1) is 0 Å². The lowest BCUT2D eigenvalue weighted by molar-refractivity contribution is 0.0347. The number of halogens is 1. The van der Waals surface area contributed by atoms with E-state index < -0.39 is 0 Å². The van der Waals surface area contributed by atoms with Crippen LogP contribution in [-0.4, -0.2) is 31.1 Å². The molecule has 0 radical (unpaired) electrons. The minimum absolute atomic E-state index is 0.266. The fraction of sp³-hybridized carbons (Fsp3) is 0.588. The van der Waals surface area contributed by atoms with Gasteiger partial charge in [0.15, 0.2) is 0 Å². The van der Waals surface area contributed by atoms with Gasteiger partial charge in [-0.05, 0) is 55.5 Å². The van der Waals surface area contributed by atoms with E-state index >= 15 is 0 Å². The number of aryl methyl sites for hydroxylation is 1. The molecule has 1 aromatic rings. The smallest absolute Gasteiger partial charge is 0.338 e. The van der Waals surface area contributed by atoms with E-state index in [4.69, 9.17) is 4.74 Å². The van der Waals surface area contributed by atoms with Gasteiger partial charge in [0.25, 0.3) is 0 Å². The number of carbonyl (C=O) groups is 1. The highest BCUT2D eigenvalue weighted by Gasteiger charge is 2.37. The maximum atomic E-state index is 12.0. The monoisotopic (exact) mass is 353 g/mol. The van der Waals surface area contributed by atoms with E-state index in [-0.39, 0.29) is 5.97 Å². The van der Waals surface area contributed by atoms with Gasteiger partial charge in [-0.2, -0.15) is 0 Å². The van der Waals surface area contributed by atoms with Crippen LogP contribution >= 0.6 is 15.9 Å². The molecule has 4 heteroatoms. The molecule has 0 amide bonds. The molecule has 1 fully saturated rings. The SMILES string of the molecule is COC(=O)c1cc(Br)cc(C)c1CN(C)C1CC(C)C1C. The summed E-state index contributed by atoms with van der Waals surface area (Å²) < 4.78 is 5.84. The van der Waals surface area contributed by atoms with Crippen molar-refractivity contribution in [3.8, 4) is 0 Å². The van der Waals surface area contributed by atoms with Gasteiger partial charge in [-0.25, -0.2) is 4.79 Å². The number of esters is 1. The van der Waals surface area contributed by atoms with E-state index in [1.807, 2.05) is 13.0 Å². The summed E-state index contributed by atoms with van der Waals surface area (Å²) in [6.07, 6.45) is 1.24. The predicted octanol–water partition coefficient (Wildman–Crippen LogP) is 4.02. The molecule has 0 bridgehead atoms. The van der Waals surface area contributed by atoms with E-state index in [1.165, 1.54) is 13.5 Å². The van der Waals surface area contributed by atoms with E-state index in [2.05, 4.69) is 47.8 Å². The number of carbonyl (C=O) groups excluding carboxylic acids is 1. The van der Waals surface area contributed by atoms with Crippen molar-refractivity contribution in [1.29, 1.82) is 0 Å². The summed E-state index contributed by atoms with van der Waals surface area (Å²) in [6, 6.07) is 4.52. The van der Waals surface area contributed by atoms with Crippen molar-refractivity contribution in [2.24, 2.45) is 11.8 Å². The van der Waals surface area contributed by atoms with Gasteiger partial charge in [-0.1, -0.05) is 29.8 Å². The molecule has 21 heavy (non-hydrogen) atoms. The zero-order valence-corrected chi connectivity index (χ0v) is 15.0. The van der Waals surface area contributed by atoms with Crippen LogP contribution in [0.15, 0.2) is 16.6 Å². The summed E-state index contributed by atoms with van der Waals surface area (Å²) in [4.78, 5) is 14.4. The number of methoxy groups -OCH3 is 1. The van der Waals surface area contributed by atoms with Crippen LogP contribution in [0, 0.1) is 18.8 Å². The number of benzene rings is 1. The number of nitrogens with zero attached hydrogens (tertiary/aromatic N) is 1. The Kier molecular flexibility index (Phi) is 5.10. The van der Waals surface area contributed by atoms with Crippen molar-refractivity contribution in [3.05, 3.63) is 33.3 Å². The van der Waals surface area contributed by atoms with E-state index in [0.717, 1.165) is 28.1 Å². The molecule has 3 nitrogen and oxygen atoms in total. The molecule has 2 rings (SSSR count). The first-order valence-corrected chi connectivity index (χ1v) is 8.22. The first-order valence-electron chi connectivity index (χ1n) is 7.42. The highest BCUT2D eigenvalue weighted by atomic mass is 79.9. The fourth-order valence-electron chi connectivity index (χ4n) is 3.22. The van der Waals surface area contributed by atoms with E-state index in [0.29, 0.717) is 17.5 Å². The first kappa shape index (κ1) is 16.5. The van der Waals surface area contributed by atoms with Crippen LogP contribution in [0.4, 0.5) is 0 Å². The Labute approximate surface area is 135 Å². The third-order valence-electron chi connectivity index (χ3n) is 4.93. The molecule has 1 aliphatic carbocycles. The summed E-state index contributed by atoms with van der Waals surface area (Å²) in [5.41, 5.74) is 2.85. The molecule has 1 aliphatic rings. The van der Waals surface area contributed by atoms with Crippen molar-refractivity contribution < 1.29 is 9.53 Å². The van der Waals surface area contributed by atoms with Gasteiger partial charge < -0.3 is 4.74 Å². The van der Waals surface area contributed by atoms with Gasteiger partial charge in [0.05, 0.1) is 12.7 Å². The van der Waals surface area contributed by atoms with Gasteiger partial charge >= 0.3 is 5.97 Å². The lowest BCUT2D eigenvalue weighted by Gasteiger charge is -2.46. The minimum Gasteiger partial charge on any atom is -0.465 e. The largest absolute Gasteiger partial charge is 0.465 e.